The average Bonchev–Trinajstić information content (AvgIpc) is 3.02. The van der Waals surface area contributed by atoms with E-state index in [2.05, 4.69) is 5.32 Å². The quantitative estimate of drug-likeness (QED) is 0.931. The van der Waals surface area contributed by atoms with Crippen molar-refractivity contribution in [1.29, 1.82) is 0 Å². The Morgan fingerprint density at radius 1 is 1.19 bits per heavy atom. The Kier molecular flexibility index (Phi) is 4.33. The molecule has 4 nitrogen and oxygen atoms in total. The number of benzene rings is 1. The molecule has 2 fully saturated rings. The molecule has 0 amide bonds. The Morgan fingerprint density at radius 2 is 1.95 bits per heavy atom. The molecule has 21 heavy (non-hydrogen) atoms. The third-order valence-electron chi connectivity index (χ3n) is 4.79. The number of nitrogens with one attached hydrogen (secondary N) is 1. The second kappa shape index (κ2) is 6.07. The van der Waals surface area contributed by atoms with Gasteiger partial charge in [0.1, 0.15) is 0 Å². The highest BCUT2D eigenvalue weighted by Crippen LogP contribution is 2.28. The van der Waals surface area contributed by atoms with Crippen molar-refractivity contribution in [1.82, 2.24) is 9.62 Å². The summed E-state index contributed by atoms with van der Waals surface area (Å²) < 4.78 is 27.0. The second-order valence-electron chi connectivity index (χ2n) is 6.26. The van der Waals surface area contributed by atoms with Gasteiger partial charge in [-0.2, -0.15) is 4.31 Å². The van der Waals surface area contributed by atoms with E-state index in [1.165, 1.54) is 12.8 Å². The van der Waals surface area contributed by atoms with Gasteiger partial charge in [-0.1, -0.05) is 12.1 Å². The van der Waals surface area contributed by atoms with Crippen LogP contribution in [0, 0.1) is 12.8 Å². The van der Waals surface area contributed by atoms with Gasteiger partial charge in [-0.25, -0.2) is 8.42 Å². The zero-order valence-electron chi connectivity index (χ0n) is 12.6. The van der Waals surface area contributed by atoms with Crippen molar-refractivity contribution in [2.75, 3.05) is 19.6 Å². The first-order valence-electron chi connectivity index (χ1n) is 7.87. The molecule has 0 spiro atoms. The van der Waals surface area contributed by atoms with E-state index >= 15 is 0 Å². The summed E-state index contributed by atoms with van der Waals surface area (Å²) >= 11 is 0. The largest absolute Gasteiger partial charge is 0.314 e. The van der Waals surface area contributed by atoms with Gasteiger partial charge in [0.05, 0.1) is 4.90 Å². The molecule has 3 rings (SSSR count). The fourth-order valence-corrected chi connectivity index (χ4v) is 5.13. The van der Waals surface area contributed by atoms with Crippen LogP contribution in [0.1, 0.15) is 31.2 Å². The van der Waals surface area contributed by atoms with Gasteiger partial charge >= 0.3 is 0 Å². The summed E-state index contributed by atoms with van der Waals surface area (Å²) in [6, 6.07) is 7.82. The molecule has 1 unspecified atom stereocenters. The average molecular weight is 308 g/mol. The molecule has 0 saturated carbocycles. The smallest absolute Gasteiger partial charge is 0.243 e. The standard InChI is InChI=1S/C16H24N2O2S/c1-13-4-2-5-15(12-13)21(19,20)18-10-7-14(8-11-18)16-6-3-9-17-16/h2,4-5,12,14,16-17H,3,6-11H2,1H3. The minimum absolute atomic E-state index is 0.431. The number of nitrogens with zero attached hydrogens (tertiary/aromatic N) is 1. The monoisotopic (exact) mass is 308 g/mol. The van der Waals surface area contributed by atoms with Gasteiger partial charge in [0, 0.05) is 19.1 Å². The fourth-order valence-electron chi connectivity index (χ4n) is 3.56. The molecule has 5 heteroatoms. The number of piperidine rings is 1. The van der Waals surface area contributed by atoms with Gasteiger partial charge in [-0.05, 0) is 62.8 Å². The fraction of sp³-hybridized carbons (Fsp3) is 0.625. The summed E-state index contributed by atoms with van der Waals surface area (Å²) in [7, 11) is -3.32. The van der Waals surface area contributed by atoms with Crippen molar-refractivity contribution in [2.45, 2.75) is 43.5 Å². The summed E-state index contributed by atoms with van der Waals surface area (Å²) in [6.45, 7) is 4.35. The first kappa shape index (κ1) is 15.0. The maximum absolute atomic E-state index is 12.7. The molecule has 1 atom stereocenters. The van der Waals surface area contributed by atoms with Gasteiger partial charge in [-0.15, -0.1) is 0 Å². The van der Waals surface area contributed by atoms with Crippen LogP contribution in [-0.4, -0.2) is 38.4 Å². The Labute approximate surface area is 127 Å². The second-order valence-corrected chi connectivity index (χ2v) is 8.20. The third-order valence-corrected chi connectivity index (χ3v) is 6.69. The normalized spacial score (nSPS) is 25.3. The van der Waals surface area contributed by atoms with Crippen molar-refractivity contribution in [3.8, 4) is 0 Å². The lowest BCUT2D eigenvalue weighted by Gasteiger charge is -2.34. The number of sulfonamides is 1. The molecule has 2 aliphatic heterocycles. The van der Waals surface area contributed by atoms with E-state index in [9.17, 15) is 8.42 Å². The zero-order chi connectivity index (χ0) is 14.9. The Bertz CT molecular complexity index is 586. The van der Waals surface area contributed by atoms with E-state index in [1.807, 2.05) is 19.1 Å². The van der Waals surface area contributed by atoms with Crippen LogP contribution < -0.4 is 5.32 Å². The maximum atomic E-state index is 12.7. The SMILES string of the molecule is Cc1cccc(S(=O)(=O)N2CCC(C3CCCN3)CC2)c1. The van der Waals surface area contributed by atoms with E-state index in [0.29, 0.717) is 29.9 Å². The van der Waals surface area contributed by atoms with E-state index in [0.717, 1.165) is 24.9 Å². The number of rotatable bonds is 3. The summed E-state index contributed by atoms with van der Waals surface area (Å²) in [5.41, 5.74) is 0.987. The molecular weight excluding hydrogens is 284 g/mol. The molecule has 1 N–H and O–H groups in total. The van der Waals surface area contributed by atoms with Crippen molar-refractivity contribution < 1.29 is 8.42 Å². The maximum Gasteiger partial charge on any atom is 0.243 e. The van der Waals surface area contributed by atoms with E-state index < -0.39 is 10.0 Å². The number of aryl methyl sites for hydroxylation is 1. The summed E-state index contributed by atoms with van der Waals surface area (Å²) in [5, 5.41) is 3.55. The van der Waals surface area contributed by atoms with Gasteiger partial charge in [0.15, 0.2) is 0 Å². The Hall–Kier alpha value is -0.910. The van der Waals surface area contributed by atoms with Gasteiger partial charge in [0.2, 0.25) is 10.0 Å². The van der Waals surface area contributed by atoms with Gasteiger partial charge in [0.25, 0.3) is 0 Å². The van der Waals surface area contributed by atoms with E-state index in [-0.39, 0.29) is 0 Å². The first-order valence-corrected chi connectivity index (χ1v) is 9.31. The lowest BCUT2D eigenvalue weighted by molar-refractivity contribution is 0.234. The lowest BCUT2D eigenvalue weighted by Crippen LogP contribution is -2.43. The third kappa shape index (κ3) is 3.15. The minimum atomic E-state index is -3.32. The zero-order valence-corrected chi connectivity index (χ0v) is 13.4. The van der Waals surface area contributed by atoms with Crippen LogP contribution in [0.4, 0.5) is 0 Å². The number of hydrogen-bond acceptors (Lipinski definition) is 3. The van der Waals surface area contributed by atoms with Crippen LogP contribution in [0.25, 0.3) is 0 Å². The van der Waals surface area contributed by atoms with Crippen molar-refractivity contribution >= 4 is 10.0 Å². The van der Waals surface area contributed by atoms with Crippen LogP contribution in [0.15, 0.2) is 29.2 Å². The molecule has 116 valence electrons. The van der Waals surface area contributed by atoms with Crippen molar-refractivity contribution in [2.24, 2.45) is 5.92 Å². The Balaban J connectivity index is 1.68. The summed E-state index contributed by atoms with van der Waals surface area (Å²) in [4.78, 5) is 0.431. The Morgan fingerprint density at radius 3 is 2.57 bits per heavy atom. The van der Waals surface area contributed by atoms with E-state index in [1.54, 1.807) is 16.4 Å². The molecule has 2 aliphatic rings. The molecule has 0 radical (unpaired) electrons. The van der Waals surface area contributed by atoms with Crippen LogP contribution in [-0.2, 0) is 10.0 Å². The summed E-state index contributed by atoms with van der Waals surface area (Å²) in [6.07, 6.45) is 4.45. The highest BCUT2D eigenvalue weighted by Gasteiger charge is 2.33. The lowest BCUT2D eigenvalue weighted by atomic mass is 9.89. The summed E-state index contributed by atoms with van der Waals surface area (Å²) in [5.74, 6) is 0.636. The first-order chi connectivity index (χ1) is 10.1. The molecule has 2 saturated heterocycles. The molecular formula is C16H24N2O2S. The topological polar surface area (TPSA) is 49.4 Å². The van der Waals surface area contributed by atoms with Crippen molar-refractivity contribution in [3.05, 3.63) is 29.8 Å². The molecule has 2 heterocycles. The predicted molar refractivity (Wildman–Crippen MR) is 83.7 cm³/mol. The molecule has 0 aliphatic carbocycles. The predicted octanol–water partition coefficient (Wildman–Crippen LogP) is 2.15. The van der Waals surface area contributed by atoms with Gasteiger partial charge in [-0.3, -0.25) is 0 Å². The molecule has 0 aromatic heterocycles. The van der Waals surface area contributed by atoms with Crippen LogP contribution in [0.2, 0.25) is 0 Å². The molecule has 1 aromatic carbocycles. The molecule has 1 aromatic rings. The highest BCUT2D eigenvalue weighted by molar-refractivity contribution is 7.89. The number of hydrogen-bond donors (Lipinski definition) is 1. The highest BCUT2D eigenvalue weighted by atomic mass is 32.2. The minimum Gasteiger partial charge on any atom is -0.314 e. The van der Waals surface area contributed by atoms with Gasteiger partial charge < -0.3 is 5.32 Å². The van der Waals surface area contributed by atoms with Crippen LogP contribution in [0.5, 0.6) is 0 Å². The van der Waals surface area contributed by atoms with Crippen molar-refractivity contribution in [3.63, 3.8) is 0 Å². The van der Waals surface area contributed by atoms with Crippen LogP contribution >= 0.6 is 0 Å². The molecule has 0 bridgehead atoms. The van der Waals surface area contributed by atoms with Crippen LogP contribution in [0.3, 0.4) is 0 Å². The van der Waals surface area contributed by atoms with E-state index in [4.69, 9.17) is 0 Å².